The maximum atomic E-state index is 5.37. The second-order valence-corrected chi connectivity index (χ2v) is 13.6. The van der Waals surface area contributed by atoms with Gasteiger partial charge in [0.25, 0.3) is 0 Å². The molecule has 4 heteroatoms. The Kier molecular flexibility index (Phi) is 5.26. The average molecular weight is 628 g/mol. The van der Waals surface area contributed by atoms with Gasteiger partial charge in [-0.1, -0.05) is 127 Å². The third kappa shape index (κ3) is 3.58. The van der Waals surface area contributed by atoms with E-state index < -0.39 is 0 Å². The number of rotatable bonds is 2. The van der Waals surface area contributed by atoms with Gasteiger partial charge in [0.05, 0.1) is 32.6 Å². The van der Waals surface area contributed by atoms with Gasteiger partial charge in [-0.15, -0.1) is 11.3 Å². The molecule has 0 saturated heterocycles. The van der Waals surface area contributed by atoms with Crippen LogP contribution in [0.3, 0.4) is 0 Å². The summed E-state index contributed by atoms with van der Waals surface area (Å²) in [6.07, 6.45) is 0. The third-order valence-corrected chi connectivity index (χ3v) is 11.1. The SMILES string of the molecule is c1ccc2c(c1)ccc1c2nc2c3sc4ccccc4c3cc(-c3ccc(-c4nc5ccccc5c5ccc6ccccc6c45)cc3)n12. The van der Waals surface area contributed by atoms with Crippen molar-refractivity contribution in [1.82, 2.24) is 14.4 Å². The van der Waals surface area contributed by atoms with E-state index >= 15 is 0 Å². The van der Waals surface area contributed by atoms with E-state index in [9.17, 15) is 0 Å². The smallest absolute Gasteiger partial charge is 0.156 e. The first-order valence-electron chi connectivity index (χ1n) is 16.3. The lowest BCUT2D eigenvalue weighted by atomic mass is 9.94. The van der Waals surface area contributed by atoms with Crippen molar-refractivity contribution < 1.29 is 0 Å². The molecule has 0 radical (unpaired) electrons. The minimum absolute atomic E-state index is 1.01. The predicted octanol–water partition coefficient (Wildman–Crippen LogP) is 12.2. The first kappa shape index (κ1) is 26.0. The molecule has 3 nitrogen and oxygen atoms in total. The van der Waals surface area contributed by atoms with Gasteiger partial charge >= 0.3 is 0 Å². The van der Waals surface area contributed by atoms with Gasteiger partial charge in [0.1, 0.15) is 0 Å². The van der Waals surface area contributed by atoms with Gasteiger partial charge in [0.2, 0.25) is 0 Å². The van der Waals surface area contributed by atoms with E-state index in [1.807, 2.05) is 11.3 Å². The molecule has 0 fully saturated rings. The maximum absolute atomic E-state index is 5.37. The first-order valence-corrected chi connectivity index (χ1v) is 17.1. The van der Waals surface area contributed by atoms with Crippen molar-refractivity contribution in [2.45, 2.75) is 0 Å². The zero-order chi connectivity index (χ0) is 31.3. The van der Waals surface area contributed by atoms with E-state index in [-0.39, 0.29) is 0 Å². The van der Waals surface area contributed by atoms with Gasteiger partial charge < -0.3 is 0 Å². The summed E-state index contributed by atoms with van der Waals surface area (Å²) in [5.41, 5.74) is 8.56. The zero-order valence-electron chi connectivity index (χ0n) is 25.7. The number of pyridine rings is 2. The van der Waals surface area contributed by atoms with Crippen LogP contribution in [-0.4, -0.2) is 14.4 Å². The number of hydrogen-bond donors (Lipinski definition) is 0. The molecule has 11 rings (SSSR count). The van der Waals surface area contributed by atoms with Crippen LogP contribution in [0.2, 0.25) is 0 Å². The van der Waals surface area contributed by atoms with E-state index in [1.165, 1.54) is 57.9 Å². The fraction of sp³-hybridized carbons (Fsp3) is 0. The van der Waals surface area contributed by atoms with Gasteiger partial charge in [-0.05, 0) is 51.4 Å². The fourth-order valence-electron chi connectivity index (χ4n) is 7.73. The van der Waals surface area contributed by atoms with Crippen molar-refractivity contribution in [2.75, 3.05) is 0 Å². The summed E-state index contributed by atoms with van der Waals surface area (Å²) < 4.78 is 4.86. The maximum Gasteiger partial charge on any atom is 0.156 e. The van der Waals surface area contributed by atoms with E-state index in [2.05, 4.69) is 156 Å². The van der Waals surface area contributed by atoms with Gasteiger partial charge in [0.15, 0.2) is 5.65 Å². The monoisotopic (exact) mass is 627 g/mol. The topological polar surface area (TPSA) is 30.2 Å². The standard InChI is InChI=1S/C44H25N3S/c1-3-11-30-26(9-1)21-23-34-32-13-5-7-15-36(32)45-41(40(30)34)29-19-17-28(18-20-29)38-25-35-33-14-6-8-16-39(33)48-43(35)44-46-42-31-12-4-2-10-27(31)22-24-37(42)47(38)44/h1-25H. The van der Waals surface area contributed by atoms with Crippen molar-refractivity contribution >= 4 is 91.4 Å². The Bertz CT molecular complexity index is 3110. The number of benzene rings is 7. The number of hydrogen-bond acceptors (Lipinski definition) is 3. The number of aromatic nitrogens is 3. The minimum atomic E-state index is 1.01. The summed E-state index contributed by atoms with van der Waals surface area (Å²) in [4.78, 5) is 10.7. The van der Waals surface area contributed by atoms with Crippen LogP contribution in [-0.2, 0) is 0 Å². The zero-order valence-corrected chi connectivity index (χ0v) is 26.5. The molecule has 0 saturated carbocycles. The fourth-order valence-corrected chi connectivity index (χ4v) is 8.89. The Hall–Kier alpha value is -6.10. The van der Waals surface area contributed by atoms with Crippen molar-refractivity contribution in [3.63, 3.8) is 0 Å². The number of nitrogens with zero attached hydrogens (tertiary/aromatic N) is 3. The summed E-state index contributed by atoms with van der Waals surface area (Å²) in [5.74, 6) is 0. The van der Waals surface area contributed by atoms with Crippen molar-refractivity contribution in [2.24, 2.45) is 0 Å². The van der Waals surface area contributed by atoms with Crippen molar-refractivity contribution in [3.8, 4) is 22.5 Å². The molecule has 0 spiro atoms. The van der Waals surface area contributed by atoms with Crippen molar-refractivity contribution in [3.05, 3.63) is 152 Å². The highest BCUT2D eigenvalue weighted by atomic mass is 32.1. The molecule has 0 unspecified atom stereocenters. The van der Waals surface area contributed by atoms with Crippen LogP contribution in [0.15, 0.2) is 152 Å². The van der Waals surface area contributed by atoms with Crippen LogP contribution < -0.4 is 0 Å². The molecular weight excluding hydrogens is 603 g/mol. The van der Waals surface area contributed by atoms with E-state index in [4.69, 9.17) is 9.97 Å². The lowest BCUT2D eigenvalue weighted by Gasteiger charge is -2.14. The van der Waals surface area contributed by atoms with Gasteiger partial charge in [-0.2, -0.15) is 0 Å². The largest absolute Gasteiger partial charge is 0.291 e. The number of imidazole rings is 1. The summed E-state index contributed by atoms with van der Waals surface area (Å²) in [5, 5.41) is 10.9. The summed E-state index contributed by atoms with van der Waals surface area (Å²) in [7, 11) is 0. The summed E-state index contributed by atoms with van der Waals surface area (Å²) in [6.45, 7) is 0. The molecule has 0 N–H and O–H groups in total. The highest BCUT2D eigenvalue weighted by Crippen LogP contribution is 2.42. The Morgan fingerprint density at radius 1 is 0.479 bits per heavy atom. The average Bonchev–Trinajstić information content (AvgIpc) is 3.73. The van der Waals surface area contributed by atoms with E-state index in [0.29, 0.717) is 0 Å². The molecule has 222 valence electrons. The van der Waals surface area contributed by atoms with Crippen LogP contribution in [0.25, 0.3) is 103 Å². The Morgan fingerprint density at radius 3 is 2.00 bits per heavy atom. The van der Waals surface area contributed by atoms with Crippen LogP contribution in [0.5, 0.6) is 0 Å². The Balaban J connectivity index is 1.20. The van der Waals surface area contributed by atoms with Crippen LogP contribution in [0, 0.1) is 0 Å². The normalized spacial score (nSPS) is 12.2. The van der Waals surface area contributed by atoms with E-state index in [0.717, 1.165) is 44.7 Å². The number of para-hydroxylation sites is 1. The molecule has 7 aromatic carbocycles. The van der Waals surface area contributed by atoms with Gasteiger partial charge in [-0.3, -0.25) is 4.40 Å². The molecule has 0 atom stereocenters. The van der Waals surface area contributed by atoms with Crippen LogP contribution in [0.1, 0.15) is 0 Å². The highest BCUT2D eigenvalue weighted by molar-refractivity contribution is 7.26. The molecule has 0 aliphatic rings. The number of fused-ring (bicyclic) bond motifs is 14. The molecular formula is C44H25N3S. The molecule has 0 amide bonds. The second-order valence-electron chi connectivity index (χ2n) is 12.6. The quantitative estimate of drug-likeness (QED) is 0.179. The summed E-state index contributed by atoms with van der Waals surface area (Å²) >= 11 is 1.83. The highest BCUT2D eigenvalue weighted by Gasteiger charge is 2.19. The predicted molar refractivity (Wildman–Crippen MR) is 204 cm³/mol. The lowest BCUT2D eigenvalue weighted by molar-refractivity contribution is 1.25. The molecule has 0 aliphatic heterocycles. The van der Waals surface area contributed by atoms with E-state index in [1.54, 1.807) is 0 Å². The van der Waals surface area contributed by atoms with Gasteiger partial charge in [0, 0.05) is 37.2 Å². The molecule has 48 heavy (non-hydrogen) atoms. The molecule has 4 aromatic heterocycles. The van der Waals surface area contributed by atoms with Crippen LogP contribution >= 0.6 is 11.3 Å². The van der Waals surface area contributed by atoms with Crippen LogP contribution in [0.4, 0.5) is 0 Å². The lowest BCUT2D eigenvalue weighted by Crippen LogP contribution is -1.94. The summed E-state index contributed by atoms with van der Waals surface area (Å²) in [6, 6.07) is 54.6. The molecule has 0 bridgehead atoms. The minimum Gasteiger partial charge on any atom is -0.291 e. The third-order valence-electron chi connectivity index (χ3n) is 9.96. The first-order chi connectivity index (χ1) is 23.8. The second kappa shape index (κ2) is 9.71. The van der Waals surface area contributed by atoms with Crippen molar-refractivity contribution in [1.29, 1.82) is 0 Å². The van der Waals surface area contributed by atoms with Gasteiger partial charge in [-0.25, -0.2) is 9.97 Å². The number of thiophene rings is 1. The Labute approximate surface area is 279 Å². The molecule has 0 aliphatic carbocycles. The molecule has 11 aromatic rings. The Morgan fingerprint density at radius 2 is 1.15 bits per heavy atom. The molecule has 4 heterocycles.